The number of rotatable bonds is 5. The molecule has 9 heteroatoms. The van der Waals surface area contributed by atoms with Gasteiger partial charge in [0.2, 0.25) is 6.29 Å². The fourth-order valence-corrected chi connectivity index (χ4v) is 3.60. The number of phenols is 1. The monoisotopic (exact) mass is 398 g/mol. The number of methoxy groups -OCH3 is 1. The zero-order valence-corrected chi connectivity index (χ0v) is 16.0. The first-order valence-electron chi connectivity index (χ1n) is 9.20. The van der Waals surface area contributed by atoms with Crippen molar-refractivity contribution in [1.82, 2.24) is 0 Å². The first-order valence-corrected chi connectivity index (χ1v) is 9.20. The Hall–Kier alpha value is -1.91. The van der Waals surface area contributed by atoms with Crippen molar-refractivity contribution in [2.45, 2.75) is 63.5 Å². The number of hydrogen-bond donors (Lipinski definition) is 4. The number of cyclic esters (lactones) is 1. The molecule has 3 rings (SSSR count). The van der Waals surface area contributed by atoms with Crippen LogP contribution in [0.15, 0.2) is 6.07 Å². The van der Waals surface area contributed by atoms with Crippen LogP contribution in [-0.4, -0.2) is 76.9 Å². The number of esters is 1. The van der Waals surface area contributed by atoms with Crippen LogP contribution in [-0.2, 0) is 20.6 Å². The Kier molecular flexibility index (Phi) is 6.11. The highest BCUT2D eigenvalue weighted by Gasteiger charge is 2.46. The van der Waals surface area contributed by atoms with Crippen molar-refractivity contribution in [3.05, 3.63) is 22.8 Å². The van der Waals surface area contributed by atoms with E-state index >= 15 is 0 Å². The van der Waals surface area contributed by atoms with Gasteiger partial charge in [-0.3, -0.25) is 0 Å². The molecule has 2 aliphatic rings. The van der Waals surface area contributed by atoms with Crippen LogP contribution in [0.1, 0.15) is 34.8 Å². The van der Waals surface area contributed by atoms with Gasteiger partial charge < -0.3 is 39.4 Å². The summed E-state index contributed by atoms with van der Waals surface area (Å²) in [5, 5.41) is 40.5. The van der Waals surface area contributed by atoms with Crippen molar-refractivity contribution >= 4 is 5.97 Å². The molecular weight excluding hydrogens is 372 g/mol. The highest BCUT2D eigenvalue weighted by molar-refractivity contribution is 5.96. The Labute approximate surface area is 162 Å². The number of phenolic OH excluding ortho intramolecular Hbond substituents is 1. The van der Waals surface area contributed by atoms with Crippen LogP contribution < -0.4 is 4.74 Å². The van der Waals surface area contributed by atoms with Gasteiger partial charge in [0, 0.05) is 19.1 Å². The van der Waals surface area contributed by atoms with Gasteiger partial charge in [0.1, 0.15) is 47.6 Å². The lowest BCUT2D eigenvalue weighted by molar-refractivity contribution is -0.282. The predicted molar refractivity (Wildman–Crippen MR) is 95.2 cm³/mol. The molecule has 0 saturated carbocycles. The molecule has 0 aromatic heterocycles. The number of aliphatic hydroxyl groups is 3. The molecular formula is C19H26O9. The van der Waals surface area contributed by atoms with Crippen LogP contribution in [0, 0.1) is 6.92 Å². The van der Waals surface area contributed by atoms with Gasteiger partial charge in [-0.15, -0.1) is 0 Å². The summed E-state index contributed by atoms with van der Waals surface area (Å²) in [6.45, 7) is 3.00. The summed E-state index contributed by atoms with van der Waals surface area (Å²) in [5.74, 6) is -0.649. The van der Waals surface area contributed by atoms with Gasteiger partial charge >= 0.3 is 5.97 Å². The molecule has 2 heterocycles. The minimum Gasteiger partial charge on any atom is -0.507 e. The lowest BCUT2D eigenvalue weighted by atomic mass is 9.94. The van der Waals surface area contributed by atoms with Crippen LogP contribution in [0.3, 0.4) is 0 Å². The van der Waals surface area contributed by atoms with Crippen LogP contribution in [0.25, 0.3) is 0 Å². The molecule has 6 unspecified atom stereocenters. The Morgan fingerprint density at radius 2 is 2.00 bits per heavy atom. The third-order valence-corrected chi connectivity index (χ3v) is 5.30. The van der Waals surface area contributed by atoms with E-state index in [0.29, 0.717) is 18.4 Å². The zero-order valence-electron chi connectivity index (χ0n) is 16.0. The third kappa shape index (κ3) is 3.56. The molecule has 0 aliphatic carbocycles. The van der Waals surface area contributed by atoms with Crippen molar-refractivity contribution < 1.29 is 44.2 Å². The second-order valence-corrected chi connectivity index (χ2v) is 7.05. The normalized spacial score (nSPS) is 32.6. The van der Waals surface area contributed by atoms with E-state index in [1.165, 1.54) is 7.11 Å². The SMILES string of the molecule is CCC1Cc2cc(OC3OC(CO)C(OC)C(O)C3O)c(C)c(O)c2C(=O)O1. The zero-order chi connectivity index (χ0) is 20.6. The maximum Gasteiger partial charge on any atom is 0.342 e. The second kappa shape index (κ2) is 8.22. The number of carbonyl (C=O) groups is 1. The lowest BCUT2D eigenvalue weighted by Gasteiger charge is -2.41. The molecule has 6 atom stereocenters. The molecule has 1 fully saturated rings. The molecule has 0 radical (unpaired) electrons. The van der Waals surface area contributed by atoms with Crippen LogP contribution in [0.4, 0.5) is 0 Å². The summed E-state index contributed by atoms with van der Waals surface area (Å²) in [4.78, 5) is 12.2. The van der Waals surface area contributed by atoms with Gasteiger partial charge in [-0.1, -0.05) is 6.92 Å². The molecule has 0 bridgehead atoms. The smallest absolute Gasteiger partial charge is 0.342 e. The summed E-state index contributed by atoms with van der Waals surface area (Å²) >= 11 is 0. The number of benzene rings is 1. The minimum absolute atomic E-state index is 0.104. The Bertz CT molecular complexity index is 733. The fraction of sp³-hybridized carbons (Fsp3) is 0.632. The van der Waals surface area contributed by atoms with E-state index in [2.05, 4.69) is 0 Å². The number of ether oxygens (including phenoxy) is 4. The number of hydrogen-bond acceptors (Lipinski definition) is 9. The molecule has 1 saturated heterocycles. The van der Waals surface area contributed by atoms with Crippen molar-refractivity contribution in [2.75, 3.05) is 13.7 Å². The van der Waals surface area contributed by atoms with Crippen LogP contribution in [0.2, 0.25) is 0 Å². The quantitative estimate of drug-likeness (QED) is 0.506. The number of fused-ring (bicyclic) bond motifs is 1. The Morgan fingerprint density at radius 3 is 2.61 bits per heavy atom. The average molecular weight is 398 g/mol. The van der Waals surface area contributed by atoms with E-state index in [1.807, 2.05) is 6.92 Å². The number of aromatic hydroxyl groups is 1. The maximum atomic E-state index is 12.2. The molecule has 156 valence electrons. The lowest BCUT2D eigenvalue weighted by Crippen LogP contribution is -2.60. The van der Waals surface area contributed by atoms with Crippen molar-refractivity contribution in [3.63, 3.8) is 0 Å². The standard InChI is InChI=1S/C19H26O9/c1-4-10-5-9-6-11(8(2)14(21)13(9)18(24)26-10)27-19-16(23)15(22)17(25-3)12(7-20)28-19/h6,10,12,15-17,19-23H,4-5,7H2,1-3H3. The summed E-state index contributed by atoms with van der Waals surface area (Å²) in [5.41, 5.74) is 0.943. The van der Waals surface area contributed by atoms with Gasteiger partial charge in [0.05, 0.1) is 6.61 Å². The number of aliphatic hydroxyl groups excluding tert-OH is 3. The molecule has 28 heavy (non-hydrogen) atoms. The van der Waals surface area contributed by atoms with E-state index in [4.69, 9.17) is 18.9 Å². The largest absolute Gasteiger partial charge is 0.507 e. The molecule has 4 N–H and O–H groups in total. The molecule has 0 spiro atoms. The van der Waals surface area contributed by atoms with Crippen LogP contribution >= 0.6 is 0 Å². The Balaban J connectivity index is 1.90. The van der Waals surface area contributed by atoms with Gasteiger partial charge in [-0.25, -0.2) is 4.79 Å². The van der Waals surface area contributed by atoms with Gasteiger partial charge in [-0.05, 0) is 25.0 Å². The van der Waals surface area contributed by atoms with Crippen LogP contribution in [0.5, 0.6) is 11.5 Å². The van der Waals surface area contributed by atoms with Gasteiger partial charge in [-0.2, -0.15) is 0 Å². The second-order valence-electron chi connectivity index (χ2n) is 7.05. The topological polar surface area (TPSA) is 135 Å². The highest BCUT2D eigenvalue weighted by atomic mass is 16.7. The maximum absolute atomic E-state index is 12.2. The summed E-state index contributed by atoms with van der Waals surface area (Å²) in [7, 11) is 1.34. The molecule has 1 aromatic rings. The van der Waals surface area contributed by atoms with E-state index < -0.39 is 43.3 Å². The van der Waals surface area contributed by atoms with Gasteiger partial charge in [0.25, 0.3) is 0 Å². The predicted octanol–water partition coefficient (Wildman–Crippen LogP) is 0.0249. The third-order valence-electron chi connectivity index (χ3n) is 5.30. The summed E-state index contributed by atoms with van der Waals surface area (Å²) in [6, 6.07) is 1.60. The molecule has 2 aliphatic heterocycles. The van der Waals surface area contributed by atoms with E-state index in [9.17, 15) is 25.2 Å². The molecule has 1 aromatic carbocycles. The highest BCUT2D eigenvalue weighted by Crippen LogP contribution is 2.39. The average Bonchev–Trinajstić information content (AvgIpc) is 2.68. The van der Waals surface area contributed by atoms with Crippen molar-refractivity contribution in [1.29, 1.82) is 0 Å². The Morgan fingerprint density at radius 1 is 1.29 bits per heavy atom. The minimum atomic E-state index is -1.45. The first-order chi connectivity index (χ1) is 13.3. The number of carbonyl (C=O) groups excluding carboxylic acids is 1. The molecule has 9 nitrogen and oxygen atoms in total. The first kappa shape index (κ1) is 20.8. The van der Waals surface area contributed by atoms with Gasteiger partial charge in [0.15, 0.2) is 0 Å². The fourth-order valence-electron chi connectivity index (χ4n) is 3.60. The van der Waals surface area contributed by atoms with E-state index in [-0.39, 0.29) is 28.7 Å². The van der Waals surface area contributed by atoms with E-state index in [0.717, 1.165) is 0 Å². The summed E-state index contributed by atoms with van der Waals surface area (Å²) in [6.07, 6.45) is -5.16. The summed E-state index contributed by atoms with van der Waals surface area (Å²) < 4.78 is 21.7. The van der Waals surface area contributed by atoms with Crippen molar-refractivity contribution in [2.24, 2.45) is 0 Å². The van der Waals surface area contributed by atoms with Crippen molar-refractivity contribution in [3.8, 4) is 11.5 Å². The van der Waals surface area contributed by atoms with E-state index in [1.54, 1.807) is 13.0 Å². The molecule has 0 amide bonds.